The van der Waals surface area contributed by atoms with Crippen LogP contribution in [0.25, 0.3) is 0 Å². The van der Waals surface area contributed by atoms with Crippen LogP contribution in [0.15, 0.2) is 41.4 Å². The van der Waals surface area contributed by atoms with Crippen molar-refractivity contribution in [1.29, 1.82) is 0 Å². The van der Waals surface area contributed by atoms with Crippen LogP contribution in [-0.2, 0) is 28.8 Å². The summed E-state index contributed by atoms with van der Waals surface area (Å²) in [5.74, 6) is 12.8. The van der Waals surface area contributed by atoms with Crippen molar-refractivity contribution in [2.24, 2.45) is 33.9 Å². The molecule has 1 spiro atoms. The summed E-state index contributed by atoms with van der Waals surface area (Å²) in [5, 5.41) is 66.8. The molecular formula is C46H61N5O8. The van der Waals surface area contributed by atoms with Crippen LogP contribution in [0.3, 0.4) is 0 Å². The molecule has 4 aliphatic heterocycles. The SMILES string of the molecule is CC(=O)O[C@H]1C[C@@H](O)CC[C@@]2([C@H](C)O)C#C[C@@H]3C[C@H]4C#CC[C@@H](Cc5cccc(c5)CCNC(N)=NC2)NC[C@]2(C4)C[C@H](CCN2)Oc2cc(c(C(O)O)cc2O)C[C@@H]31. The summed E-state index contributed by atoms with van der Waals surface area (Å²) >= 11 is 0. The number of aliphatic imine (C=N–C) groups is 1. The molecule has 2 aromatic rings. The molecule has 1 fully saturated rings. The van der Waals surface area contributed by atoms with Crippen molar-refractivity contribution in [3.8, 4) is 35.2 Å². The van der Waals surface area contributed by atoms with Gasteiger partial charge >= 0.3 is 5.97 Å². The lowest BCUT2D eigenvalue weighted by Gasteiger charge is -2.44. The normalized spacial score (nSPS) is 33.1. The van der Waals surface area contributed by atoms with E-state index >= 15 is 0 Å². The van der Waals surface area contributed by atoms with Crippen LogP contribution >= 0.6 is 0 Å². The van der Waals surface area contributed by atoms with Crippen LogP contribution in [0, 0.1) is 46.9 Å². The molecule has 7 rings (SSSR count). The monoisotopic (exact) mass is 811 g/mol. The van der Waals surface area contributed by atoms with Gasteiger partial charge < -0.3 is 56.7 Å². The average Bonchev–Trinajstić information content (AvgIpc) is 3.25. The maximum absolute atomic E-state index is 12.9. The number of piperidine rings is 1. The Morgan fingerprint density at radius 2 is 1.90 bits per heavy atom. The van der Waals surface area contributed by atoms with Gasteiger partial charge in [-0.05, 0) is 93.7 Å². The number of hydrogen-bond donors (Lipinski definition) is 9. The number of guanidine groups is 1. The van der Waals surface area contributed by atoms with Crippen LogP contribution in [0.2, 0.25) is 0 Å². The van der Waals surface area contributed by atoms with Gasteiger partial charge in [0.25, 0.3) is 0 Å². The Hall–Kier alpha value is -4.34. The molecule has 0 radical (unpaired) electrons. The number of aromatic hydroxyl groups is 1. The van der Waals surface area contributed by atoms with E-state index < -0.39 is 53.4 Å². The Bertz CT molecular complexity index is 1980. The number of ether oxygens (including phenoxy) is 2. The first-order valence-corrected chi connectivity index (χ1v) is 21.3. The molecule has 0 saturated carbocycles. The van der Waals surface area contributed by atoms with Gasteiger partial charge in [0.2, 0.25) is 0 Å². The molecule has 13 nitrogen and oxygen atoms in total. The summed E-state index contributed by atoms with van der Waals surface area (Å²) in [6.07, 6.45) is 0.417. The van der Waals surface area contributed by atoms with Crippen LogP contribution in [-0.4, -0.2) is 99.6 Å². The molecule has 10 bridgehead atoms. The predicted molar refractivity (Wildman–Crippen MR) is 223 cm³/mol. The Morgan fingerprint density at radius 3 is 2.69 bits per heavy atom. The Balaban J connectivity index is 1.45. The summed E-state index contributed by atoms with van der Waals surface area (Å²) < 4.78 is 12.7. The molecular weight excluding hydrogens is 751 g/mol. The molecule has 5 aliphatic rings. The molecule has 0 aromatic heterocycles. The van der Waals surface area contributed by atoms with Gasteiger partial charge in [0.15, 0.2) is 23.7 Å². The Kier molecular flexibility index (Phi) is 13.4. The number of rotatable bonds is 3. The Labute approximate surface area is 347 Å². The maximum Gasteiger partial charge on any atom is 0.302 e. The number of nitrogens with one attached hydrogen (secondary N) is 3. The summed E-state index contributed by atoms with van der Waals surface area (Å²) in [6.45, 7) is 4.98. The largest absolute Gasteiger partial charge is 0.504 e. The summed E-state index contributed by atoms with van der Waals surface area (Å²) in [4.78, 5) is 17.6. The third-order valence-corrected chi connectivity index (χ3v) is 13.2. The first kappa shape index (κ1) is 42.8. The quantitative estimate of drug-likeness (QED) is 0.124. The zero-order valence-electron chi connectivity index (χ0n) is 34.3. The van der Waals surface area contributed by atoms with Crippen molar-refractivity contribution in [2.75, 3.05) is 26.2 Å². The number of aliphatic hydroxyl groups is 4. The van der Waals surface area contributed by atoms with Crippen molar-refractivity contribution < 1.29 is 39.8 Å². The zero-order chi connectivity index (χ0) is 41.7. The molecule has 0 unspecified atom stereocenters. The molecule has 318 valence electrons. The number of carbonyl (C=O) groups is 1. The van der Waals surface area contributed by atoms with Gasteiger partial charge in [0.1, 0.15) is 12.2 Å². The van der Waals surface area contributed by atoms with Crippen LogP contribution in [0.5, 0.6) is 11.5 Å². The molecule has 0 amide bonds. The highest BCUT2D eigenvalue weighted by Gasteiger charge is 2.44. The first-order valence-electron chi connectivity index (χ1n) is 21.3. The molecule has 13 heteroatoms. The highest BCUT2D eigenvalue weighted by Crippen LogP contribution is 2.42. The fourth-order valence-electron chi connectivity index (χ4n) is 9.88. The topological polar surface area (TPSA) is 211 Å². The molecule has 10 atom stereocenters. The molecule has 2 aromatic carbocycles. The number of phenolic OH excluding ortho intramolecular Hbond substituents is 1. The number of aliphatic hydroxyl groups excluding tert-OH is 3. The average molecular weight is 812 g/mol. The van der Waals surface area contributed by atoms with E-state index in [1.165, 1.54) is 24.1 Å². The van der Waals surface area contributed by atoms with Crippen LogP contribution in [0.4, 0.5) is 0 Å². The highest BCUT2D eigenvalue weighted by atomic mass is 16.5. The molecule has 4 heterocycles. The number of carbonyl (C=O) groups excluding carboxylic acids is 1. The molecule has 1 aliphatic carbocycles. The standard InChI is InChI=1S/C46H61N5O8/c1-28(52)45-13-9-33-18-32-7-4-8-35(19-31-6-3-5-30(17-31)11-15-48-44(47)50-26-45)49-27-46(24-32)25-37(12-16-51-46)59-42-21-34(39(43(56)57)23-40(42)55)20-38(33)41(58-29(2)53)22-36(54)10-14-45/h3,5-6,17,21,23,28,32-33,35-38,41,43,49,51-52,54-57H,8,10-12,14-16,18-20,22,24-27H2,1-2H3,(H3,47,48,50)/t28-,32+,33+,35-,36-,37-,38-,41-,45-,46-/m0/s1. The van der Waals surface area contributed by atoms with E-state index in [2.05, 4.69) is 63.9 Å². The van der Waals surface area contributed by atoms with Gasteiger partial charge in [-0.25, -0.2) is 0 Å². The lowest BCUT2D eigenvalue weighted by Crippen LogP contribution is -2.60. The minimum absolute atomic E-state index is 0.0635. The van der Waals surface area contributed by atoms with E-state index in [1.54, 1.807) is 13.0 Å². The van der Waals surface area contributed by atoms with Crippen molar-refractivity contribution in [2.45, 2.75) is 127 Å². The lowest BCUT2D eigenvalue weighted by molar-refractivity contribution is -0.152. The van der Waals surface area contributed by atoms with E-state index in [4.69, 9.17) is 20.2 Å². The zero-order valence-corrected chi connectivity index (χ0v) is 34.3. The fourth-order valence-corrected chi connectivity index (χ4v) is 9.88. The van der Waals surface area contributed by atoms with Crippen LogP contribution in [0.1, 0.15) is 93.8 Å². The van der Waals surface area contributed by atoms with E-state index in [9.17, 15) is 30.3 Å². The summed E-state index contributed by atoms with van der Waals surface area (Å²) in [6, 6.07) is 11.6. The number of fused-ring (bicyclic) bond motifs is 8. The van der Waals surface area contributed by atoms with E-state index in [0.717, 1.165) is 12.8 Å². The number of phenols is 1. The third-order valence-electron chi connectivity index (χ3n) is 13.2. The van der Waals surface area contributed by atoms with Gasteiger partial charge in [-0.3, -0.25) is 9.79 Å². The minimum atomic E-state index is -1.92. The minimum Gasteiger partial charge on any atom is -0.504 e. The van der Waals surface area contributed by atoms with E-state index in [-0.39, 0.29) is 66.9 Å². The molecule has 1 saturated heterocycles. The van der Waals surface area contributed by atoms with E-state index in [1.807, 2.05) is 0 Å². The van der Waals surface area contributed by atoms with Gasteiger partial charge in [0.05, 0.1) is 24.2 Å². The second-order valence-corrected chi connectivity index (χ2v) is 17.6. The van der Waals surface area contributed by atoms with Crippen LogP contribution < -0.4 is 26.4 Å². The number of nitrogens with zero attached hydrogens (tertiary/aromatic N) is 1. The van der Waals surface area contributed by atoms with Crippen molar-refractivity contribution in [3.63, 3.8) is 0 Å². The second-order valence-electron chi connectivity index (χ2n) is 17.6. The van der Waals surface area contributed by atoms with Gasteiger partial charge in [0, 0.05) is 74.2 Å². The van der Waals surface area contributed by atoms with Crippen molar-refractivity contribution in [1.82, 2.24) is 16.0 Å². The van der Waals surface area contributed by atoms with E-state index in [0.29, 0.717) is 63.7 Å². The van der Waals surface area contributed by atoms with Crippen molar-refractivity contribution in [3.05, 3.63) is 58.7 Å². The summed E-state index contributed by atoms with van der Waals surface area (Å²) in [7, 11) is 0. The third kappa shape index (κ3) is 10.5. The fraction of sp³-hybridized carbons (Fsp3) is 0.609. The number of hydrogen-bond acceptors (Lipinski definition) is 13. The highest BCUT2D eigenvalue weighted by molar-refractivity contribution is 5.77. The number of benzene rings is 2. The van der Waals surface area contributed by atoms with Gasteiger partial charge in [-0.2, -0.15) is 0 Å². The molecule has 59 heavy (non-hydrogen) atoms. The maximum atomic E-state index is 12.9. The second kappa shape index (κ2) is 18.5. The molecule has 10 N–H and O–H groups in total. The smallest absolute Gasteiger partial charge is 0.302 e. The van der Waals surface area contributed by atoms with Crippen molar-refractivity contribution >= 4 is 11.9 Å². The van der Waals surface area contributed by atoms with Gasteiger partial charge in [-0.15, -0.1) is 5.92 Å². The number of esters is 1. The Morgan fingerprint density at radius 1 is 1.07 bits per heavy atom. The first-order chi connectivity index (χ1) is 28.3. The summed E-state index contributed by atoms with van der Waals surface area (Å²) in [5.41, 5.74) is 7.85. The number of nitrogens with two attached hydrogens (primary N) is 1. The van der Waals surface area contributed by atoms with Gasteiger partial charge in [-0.1, -0.05) is 42.0 Å². The lowest BCUT2D eigenvalue weighted by atomic mass is 9.70. The predicted octanol–water partition coefficient (Wildman–Crippen LogP) is 2.35.